The Kier molecular flexibility index (Phi) is 3.42. The molecule has 3 N–H and O–H groups in total. The van der Waals surface area contributed by atoms with E-state index in [0.29, 0.717) is 24.1 Å². The Labute approximate surface area is 139 Å². The van der Waals surface area contributed by atoms with Gasteiger partial charge in [-0.15, -0.1) is 0 Å². The fourth-order valence-corrected chi connectivity index (χ4v) is 3.53. The van der Waals surface area contributed by atoms with Crippen LogP contribution in [0.1, 0.15) is 40.1 Å². The van der Waals surface area contributed by atoms with Crippen LogP contribution in [0.15, 0.2) is 36.4 Å². The molecule has 0 aromatic heterocycles. The number of ether oxygens (including phenoxy) is 1. The number of halogens is 1. The van der Waals surface area contributed by atoms with Crippen LogP contribution in [-0.2, 0) is 0 Å². The summed E-state index contributed by atoms with van der Waals surface area (Å²) < 4.78 is 19.1. The molecule has 2 heterocycles. The summed E-state index contributed by atoms with van der Waals surface area (Å²) in [5.74, 6) is 0.0423. The smallest absolute Gasteiger partial charge is 0.255 e. The number of carbonyl (C=O) groups is 1. The highest BCUT2D eigenvalue weighted by atomic mass is 19.1. The van der Waals surface area contributed by atoms with E-state index in [2.05, 4.69) is 10.2 Å². The Hall–Kier alpha value is -2.60. The van der Waals surface area contributed by atoms with Gasteiger partial charge in [-0.3, -0.25) is 4.79 Å². The number of anilines is 1. The van der Waals surface area contributed by atoms with Gasteiger partial charge in [0, 0.05) is 12.6 Å². The van der Waals surface area contributed by atoms with Crippen molar-refractivity contribution in [1.82, 2.24) is 5.32 Å². The van der Waals surface area contributed by atoms with Crippen LogP contribution in [0.25, 0.3) is 0 Å². The fraction of sp³-hybridized carbons (Fsp3) is 0.278. The summed E-state index contributed by atoms with van der Waals surface area (Å²) in [6.45, 7) is 0.698. The summed E-state index contributed by atoms with van der Waals surface area (Å²) >= 11 is 0. The van der Waals surface area contributed by atoms with Crippen LogP contribution >= 0.6 is 0 Å². The molecule has 0 bridgehead atoms. The Morgan fingerprint density at radius 2 is 2.04 bits per heavy atom. The summed E-state index contributed by atoms with van der Waals surface area (Å²) in [5, 5.41) is 2.97. The number of amides is 1. The van der Waals surface area contributed by atoms with Crippen LogP contribution in [-0.4, -0.2) is 19.6 Å². The van der Waals surface area contributed by atoms with Gasteiger partial charge < -0.3 is 20.7 Å². The summed E-state index contributed by atoms with van der Waals surface area (Å²) in [6, 6.07) is 10.0. The van der Waals surface area contributed by atoms with Crippen molar-refractivity contribution in [2.45, 2.75) is 18.6 Å². The lowest BCUT2D eigenvalue weighted by Crippen LogP contribution is -2.50. The third-order valence-corrected chi connectivity index (χ3v) is 4.73. The van der Waals surface area contributed by atoms with E-state index in [0.717, 1.165) is 17.0 Å². The van der Waals surface area contributed by atoms with Crippen molar-refractivity contribution in [2.75, 3.05) is 18.6 Å². The van der Waals surface area contributed by atoms with E-state index in [1.807, 2.05) is 24.3 Å². The third-order valence-electron chi connectivity index (χ3n) is 4.73. The van der Waals surface area contributed by atoms with Crippen molar-refractivity contribution < 1.29 is 13.9 Å². The third kappa shape index (κ3) is 2.22. The van der Waals surface area contributed by atoms with E-state index >= 15 is 0 Å². The molecule has 0 radical (unpaired) electrons. The quantitative estimate of drug-likeness (QED) is 0.889. The molecule has 0 aliphatic carbocycles. The molecule has 6 heteroatoms. The zero-order valence-corrected chi connectivity index (χ0v) is 13.3. The number of hydrogen-bond acceptors (Lipinski definition) is 4. The normalized spacial score (nSPS) is 22.0. The van der Waals surface area contributed by atoms with E-state index in [-0.39, 0.29) is 18.1 Å². The second kappa shape index (κ2) is 5.49. The lowest BCUT2D eigenvalue weighted by molar-refractivity contribution is 0.0924. The van der Waals surface area contributed by atoms with Crippen molar-refractivity contribution in [2.24, 2.45) is 5.73 Å². The van der Waals surface area contributed by atoms with E-state index in [1.165, 1.54) is 12.1 Å². The molecule has 2 aromatic rings. The first-order valence-electron chi connectivity index (χ1n) is 7.89. The first-order valence-corrected chi connectivity index (χ1v) is 7.89. The molecule has 2 atom stereocenters. The molecule has 1 amide bonds. The molecule has 0 unspecified atom stereocenters. The molecule has 4 rings (SSSR count). The molecule has 2 aliphatic rings. The van der Waals surface area contributed by atoms with Gasteiger partial charge in [-0.25, -0.2) is 4.39 Å². The lowest BCUT2D eigenvalue weighted by atomic mass is 9.90. The second-order valence-electron chi connectivity index (χ2n) is 6.13. The summed E-state index contributed by atoms with van der Waals surface area (Å²) in [5.41, 5.74) is 8.90. The summed E-state index contributed by atoms with van der Waals surface area (Å²) in [6.07, 6.45) is 0.408. The summed E-state index contributed by atoms with van der Waals surface area (Å²) in [4.78, 5) is 14.6. The fourth-order valence-electron chi connectivity index (χ4n) is 3.53. The van der Waals surface area contributed by atoms with Crippen LogP contribution in [0, 0.1) is 5.82 Å². The van der Waals surface area contributed by atoms with Crippen molar-refractivity contribution in [3.05, 3.63) is 58.9 Å². The van der Waals surface area contributed by atoms with Crippen LogP contribution in [0.5, 0.6) is 5.75 Å². The number of rotatable bonds is 2. The van der Waals surface area contributed by atoms with Crippen molar-refractivity contribution in [1.29, 1.82) is 0 Å². The number of nitrogens with two attached hydrogens (primary N) is 1. The molecule has 0 saturated carbocycles. The molecular weight excluding hydrogens is 309 g/mol. The zero-order valence-electron chi connectivity index (χ0n) is 13.3. The van der Waals surface area contributed by atoms with E-state index in [9.17, 15) is 9.18 Å². The SMILES string of the molecule is COc1ccc([C@@H]2NC(=O)c3cc(F)cc4c3N2CC[C@H]4N)cc1. The Balaban J connectivity index is 1.82. The van der Waals surface area contributed by atoms with Crippen LogP contribution in [0.2, 0.25) is 0 Å². The molecule has 124 valence electrons. The monoisotopic (exact) mass is 327 g/mol. The highest BCUT2D eigenvalue weighted by Gasteiger charge is 2.37. The minimum Gasteiger partial charge on any atom is -0.497 e. The van der Waals surface area contributed by atoms with Gasteiger partial charge in [0.25, 0.3) is 5.91 Å². The van der Waals surface area contributed by atoms with Gasteiger partial charge in [0.2, 0.25) is 0 Å². The van der Waals surface area contributed by atoms with Gasteiger partial charge in [-0.2, -0.15) is 0 Å². The highest BCUT2D eigenvalue weighted by Crippen LogP contribution is 2.42. The van der Waals surface area contributed by atoms with Gasteiger partial charge in [-0.1, -0.05) is 12.1 Å². The van der Waals surface area contributed by atoms with Gasteiger partial charge in [0.15, 0.2) is 0 Å². The molecule has 24 heavy (non-hydrogen) atoms. The van der Waals surface area contributed by atoms with Gasteiger partial charge in [-0.05, 0) is 41.8 Å². The maximum Gasteiger partial charge on any atom is 0.255 e. The van der Waals surface area contributed by atoms with Crippen LogP contribution in [0.3, 0.4) is 0 Å². The zero-order chi connectivity index (χ0) is 16.8. The number of nitrogens with zero attached hydrogens (tertiary/aromatic N) is 1. The molecular formula is C18H18FN3O2. The molecule has 2 aliphatic heterocycles. The van der Waals surface area contributed by atoms with Crippen LogP contribution < -0.4 is 20.7 Å². The first-order chi connectivity index (χ1) is 11.6. The second-order valence-corrected chi connectivity index (χ2v) is 6.13. The van der Waals surface area contributed by atoms with Gasteiger partial charge in [0.1, 0.15) is 17.7 Å². The average Bonchev–Trinajstić information content (AvgIpc) is 2.60. The topological polar surface area (TPSA) is 67.6 Å². The van der Waals surface area contributed by atoms with Crippen molar-refractivity contribution >= 4 is 11.6 Å². The van der Waals surface area contributed by atoms with E-state index in [4.69, 9.17) is 10.5 Å². The summed E-state index contributed by atoms with van der Waals surface area (Å²) in [7, 11) is 1.61. The largest absolute Gasteiger partial charge is 0.497 e. The maximum atomic E-state index is 13.9. The van der Waals surface area contributed by atoms with E-state index < -0.39 is 5.82 Å². The van der Waals surface area contributed by atoms with Crippen molar-refractivity contribution in [3.8, 4) is 5.75 Å². The average molecular weight is 327 g/mol. The molecule has 0 saturated heterocycles. The van der Waals surface area contributed by atoms with Crippen LogP contribution in [0.4, 0.5) is 10.1 Å². The Morgan fingerprint density at radius 1 is 1.29 bits per heavy atom. The number of carbonyl (C=O) groups excluding carboxylic acids is 1. The number of nitrogens with one attached hydrogen (secondary N) is 1. The Morgan fingerprint density at radius 3 is 2.75 bits per heavy atom. The predicted octanol–water partition coefficient (Wildman–Crippen LogP) is 2.49. The predicted molar refractivity (Wildman–Crippen MR) is 88.5 cm³/mol. The number of methoxy groups -OCH3 is 1. The molecule has 2 aromatic carbocycles. The molecule has 0 spiro atoms. The molecule has 0 fully saturated rings. The minimum atomic E-state index is -0.431. The first kappa shape index (κ1) is 15.0. The standard InChI is InChI=1S/C18H18FN3O2/c1-24-12-4-2-10(3-5-12)17-21-18(23)14-9-11(19)8-13-15(20)6-7-22(17)16(13)14/h2-5,8-9,15,17H,6-7,20H2,1H3,(H,21,23)/t15-,17-/m1/s1. The number of hydrogen-bond donors (Lipinski definition) is 2. The van der Waals surface area contributed by atoms with Gasteiger partial charge >= 0.3 is 0 Å². The lowest BCUT2D eigenvalue weighted by Gasteiger charge is -2.44. The van der Waals surface area contributed by atoms with E-state index in [1.54, 1.807) is 7.11 Å². The highest BCUT2D eigenvalue weighted by molar-refractivity contribution is 6.03. The molecule has 5 nitrogen and oxygen atoms in total. The van der Waals surface area contributed by atoms with Crippen molar-refractivity contribution in [3.63, 3.8) is 0 Å². The Bertz CT molecular complexity index is 807. The maximum absolute atomic E-state index is 13.9. The minimum absolute atomic E-state index is 0.256. The van der Waals surface area contributed by atoms with Gasteiger partial charge in [0.05, 0.1) is 18.4 Å². The number of benzene rings is 2.